The van der Waals surface area contributed by atoms with E-state index < -0.39 is 6.04 Å². The Kier molecular flexibility index (Phi) is 9.08. The molecular weight excluding hydrogens is 368 g/mol. The minimum absolute atomic E-state index is 0.0204. The fraction of sp³-hybridized carbons (Fsp3) is 0.391. The van der Waals surface area contributed by atoms with Crippen molar-refractivity contribution < 1.29 is 9.59 Å². The van der Waals surface area contributed by atoms with Crippen LogP contribution < -0.4 is 5.32 Å². The van der Waals surface area contributed by atoms with Gasteiger partial charge in [0.2, 0.25) is 11.8 Å². The van der Waals surface area contributed by atoms with E-state index in [-0.39, 0.29) is 11.8 Å². The summed E-state index contributed by atoms with van der Waals surface area (Å²) in [7, 11) is 0. The molecule has 0 spiro atoms. The molecule has 2 amide bonds. The highest BCUT2D eigenvalue weighted by molar-refractivity contribution is 8.00. The number of carbonyl (C=O) groups excluding carboxylic acids is 2. The lowest BCUT2D eigenvalue weighted by molar-refractivity contribution is -0.139. The van der Waals surface area contributed by atoms with E-state index in [4.69, 9.17) is 0 Å². The first-order valence-corrected chi connectivity index (χ1v) is 10.8. The second-order valence-electron chi connectivity index (χ2n) is 6.82. The van der Waals surface area contributed by atoms with Crippen molar-refractivity contribution in [1.82, 2.24) is 10.2 Å². The minimum Gasteiger partial charge on any atom is -0.354 e. The van der Waals surface area contributed by atoms with Gasteiger partial charge in [0, 0.05) is 18.0 Å². The molecule has 0 aliphatic heterocycles. The average molecular weight is 399 g/mol. The lowest BCUT2D eigenvalue weighted by atomic mass is 10.1. The number of rotatable bonds is 10. The van der Waals surface area contributed by atoms with Crippen LogP contribution >= 0.6 is 11.8 Å². The summed E-state index contributed by atoms with van der Waals surface area (Å²) in [6.07, 6.45) is 1.46. The van der Waals surface area contributed by atoms with Crippen molar-refractivity contribution >= 4 is 23.6 Å². The Labute approximate surface area is 172 Å². The summed E-state index contributed by atoms with van der Waals surface area (Å²) in [5, 5.41) is 2.94. The van der Waals surface area contributed by atoms with Crippen LogP contribution in [-0.2, 0) is 16.1 Å². The molecule has 2 aromatic rings. The molecule has 0 radical (unpaired) electrons. The van der Waals surface area contributed by atoms with E-state index in [9.17, 15) is 9.59 Å². The lowest BCUT2D eigenvalue weighted by Gasteiger charge is -2.30. The summed E-state index contributed by atoms with van der Waals surface area (Å²) in [5.41, 5.74) is 2.22. The predicted octanol–water partition coefficient (Wildman–Crippen LogP) is 4.42. The predicted molar refractivity (Wildman–Crippen MR) is 116 cm³/mol. The third-order valence-corrected chi connectivity index (χ3v) is 5.51. The molecular formula is C23H30N2O2S. The highest BCUT2D eigenvalue weighted by Crippen LogP contribution is 2.21. The van der Waals surface area contributed by atoms with Crippen LogP contribution in [0.4, 0.5) is 0 Å². The molecule has 5 heteroatoms. The van der Waals surface area contributed by atoms with Crippen molar-refractivity contribution in [2.75, 3.05) is 12.3 Å². The van der Waals surface area contributed by atoms with Gasteiger partial charge in [0.1, 0.15) is 6.04 Å². The third-order valence-electron chi connectivity index (χ3n) is 4.51. The SMILES string of the molecule is CCCNC(=O)C(CC)N(Cc1ccccc1)C(=O)CSc1ccc(C)cc1. The zero-order valence-corrected chi connectivity index (χ0v) is 17.8. The number of hydrogen-bond donors (Lipinski definition) is 1. The molecule has 0 heterocycles. The van der Waals surface area contributed by atoms with Crippen molar-refractivity contribution in [2.24, 2.45) is 0 Å². The number of carbonyl (C=O) groups is 2. The van der Waals surface area contributed by atoms with Crippen molar-refractivity contribution in [3.8, 4) is 0 Å². The molecule has 4 nitrogen and oxygen atoms in total. The van der Waals surface area contributed by atoms with Gasteiger partial charge < -0.3 is 10.2 Å². The molecule has 0 aromatic heterocycles. The summed E-state index contributed by atoms with van der Waals surface area (Å²) >= 11 is 1.51. The molecule has 0 fully saturated rings. The van der Waals surface area contributed by atoms with E-state index in [2.05, 4.69) is 5.32 Å². The molecule has 2 aromatic carbocycles. The molecule has 0 aliphatic rings. The van der Waals surface area contributed by atoms with Crippen LogP contribution in [-0.4, -0.2) is 35.1 Å². The largest absolute Gasteiger partial charge is 0.354 e. The average Bonchev–Trinajstić information content (AvgIpc) is 2.72. The first-order chi connectivity index (χ1) is 13.5. The van der Waals surface area contributed by atoms with Crippen LogP contribution in [0.3, 0.4) is 0 Å². The van der Waals surface area contributed by atoms with Crippen molar-refractivity contribution in [3.63, 3.8) is 0 Å². The molecule has 1 unspecified atom stereocenters. The zero-order chi connectivity index (χ0) is 20.4. The van der Waals surface area contributed by atoms with E-state index in [1.807, 2.05) is 75.4 Å². The standard InChI is InChI=1S/C23H30N2O2S/c1-4-15-24-23(27)21(5-2)25(16-19-9-7-6-8-10-19)22(26)17-28-20-13-11-18(3)12-14-20/h6-14,21H,4-5,15-17H2,1-3H3,(H,24,27). The summed E-state index contributed by atoms with van der Waals surface area (Å²) in [5.74, 6) is 0.217. The summed E-state index contributed by atoms with van der Waals surface area (Å²) in [6.45, 7) is 7.08. The van der Waals surface area contributed by atoms with Gasteiger partial charge in [-0.25, -0.2) is 0 Å². The Morgan fingerprint density at radius 3 is 2.32 bits per heavy atom. The van der Waals surface area contributed by atoms with Crippen LogP contribution in [0.1, 0.15) is 37.8 Å². The van der Waals surface area contributed by atoms with E-state index in [0.717, 1.165) is 16.9 Å². The second-order valence-corrected chi connectivity index (χ2v) is 7.87. The number of hydrogen-bond acceptors (Lipinski definition) is 3. The van der Waals surface area contributed by atoms with E-state index >= 15 is 0 Å². The zero-order valence-electron chi connectivity index (χ0n) is 17.0. The van der Waals surface area contributed by atoms with E-state index in [1.165, 1.54) is 17.3 Å². The molecule has 0 bridgehead atoms. The minimum atomic E-state index is -0.460. The van der Waals surface area contributed by atoms with Gasteiger partial charge in [0.25, 0.3) is 0 Å². The molecule has 150 valence electrons. The molecule has 0 saturated heterocycles. The van der Waals surface area contributed by atoms with Crippen LogP contribution in [0.25, 0.3) is 0 Å². The van der Waals surface area contributed by atoms with Crippen molar-refractivity contribution in [3.05, 3.63) is 65.7 Å². The monoisotopic (exact) mass is 398 g/mol. The van der Waals surface area contributed by atoms with Gasteiger partial charge in [-0.3, -0.25) is 9.59 Å². The topological polar surface area (TPSA) is 49.4 Å². The first kappa shape index (κ1) is 22.0. The Balaban J connectivity index is 2.14. The number of aryl methyl sites for hydroxylation is 1. The summed E-state index contributed by atoms with van der Waals surface area (Å²) in [6, 6.07) is 17.5. The Hall–Kier alpha value is -2.27. The van der Waals surface area contributed by atoms with Gasteiger partial charge in [0.05, 0.1) is 5.75 Å². The van der Waals surface area contributed by atoms with Crippen molar-refractivity contribution in [1.29, 1.82) is 0 Å². The highest BCUT2D eigenvalue weighted by Gasteiger charge is 2.28. The first-order valence-electron chi connectivity index (χ1n) is 9.85. The maximum absolute atomic E-state index is 13.1. The number of amides is 2. The molecule has 1 N–H and O–H groups in total. The summed E-state index contributed by atoms with van der Waals surface area (Å²) < 4.78 is 0. The normalized spacial score (nSPS) is 11.7. The second kappa shape index (κ2) is 11.5. The van der Waals surface area contributed by atoms with Gasteiger partial charge >= 0.3 is 0 Å². The number of thioether (sulfide) groups is 1. The maximum atomic E-state index is 13.1. The van der Waals surface area contributed by atoms with Crippen molar-refractivity contribution in [2.45, 2.75) is 51.1 Å². The van der Waals surface area contributed by atoms with Crippen LogP contribution in [0.5, 0.6) is 0 Å². The number of benzene rings is 2. The van der Waals surface area contributed by atoms with Crippen LogP contribution in [0.2, 0.25) is 0 Å². The third kappa shape index (κ3) is 6.71. The fourth-order valence-corrected chi connectivity index (χ4v) is 3.71. The van der Waals surface area contributed by atoms with E-state index in [1.54, 1.807) is 4.90 Å². The van der Waals surface area contributed by atoms with Crippen LogP contribution in [0, 0.1) is 6.92 Å². The molecule has 28 heavy (non-hydrogen) atoms. The number of nitrogens with one attached hydrogen (secondary N) is 1. The highest BCUT2D eigenvalue weighted by atomic mass is 32.2. The smallest absolute Gasteiger partial charge is 0.242 e. The van der Waals surface area contributed by atoms with Crippen LogP contribution in [0.15, 0.2) is 59.5 Å². The quantitative estimate of drug-likeness (QED) is 0.603. The maximum Gasteiger partial charge on any atom is 0.242 e. The molecule has 1 atom stereocenters. The Morgan fingerprint density at radius 2 is 1.71 bits per heavy atom. The Bertz CT molecular complexity index is 747. The molecule has 0 aliphatic carbocycles. The Morgan fingerprint density at radius 1 is 1.04 bits per heavy atom. The van der Waals surface area contributed by atoms with Gasteiger partial charge in [-0.05, 0) is 37.5 Å². The fourth-order valence-electron chi connectivity index (χ4n) is 2.93. The summed E-state index contributed by atoms with van der Waals surface area (Å²) in [4.78, 5) is 28.5. The van der Waals surface area contributed by atoms with Gasteiger partial charge in [0.15, 0.2) is 0 Å². The molecule has 0 saturated carbocycles. The van der Waals surface area contributed by atoms with Gasteiger partial charge in [-0.1, -0.05) is 61.9 Å². The number of nitrogens with zero attached hydrogens (tertiary/aromatic N) is 1. The van der Waals surface area contributed by atoms with Gasteiger partial charge in [-0.2, -0.15) is 0 Å². The van der Waals surface area contributed by atoms with Gasteiger partial charge in [-0.15, -0.1) is 11.8 Å². The van der Waals surface area contributed by atoms with E-state index in [0.29, 0.717) is 25.3 Å². The lowest BCUT2D eigenvalue weighted by Crippen LogP contribution is -2.49. The molecule has 2 rings (SSSR count).